The van der Waals surface area contributed by atoms with E-state index in [1.165, 1.54) is 36.3 Å². The molecule has 0 radical (unpaired) electrons. The van der Waals surface area contributed by atoms with Crippen LogP contribution in [0.1, 0.15) is 46.0 Å². The molecule has 29 nitrogen and oxygen atoms in total. The van der Waals surface area contributed by atoms with Crippen LogP contribution in [-0.2, 0) is 39.0 Å². The molecule has 22 rings (SSSR count). The number of H-pyrrole nitrogens is 8. The predicted molar refractivity (Wildman–Crippen MR) is 501 cm³/mol. The highest BCUT2D eigenvalue weighted by atomic mass is 32.2. The summed E-state index contributed by atoms with van der Waals surface area (Å²) in [6, 6.07) is 47.3. The van der Waals surface area contributed by atoms with Gasteiger partial charge >= 0.3 is 0 Å². The van der Waals surface area contributed by atoms with Gasteiger partial charge in [-0.2, -0.15) is 30.6 Å². The van der Waals surface area contributed by atoms with Crippen molar-refractivity contribution in [2.24, 2.45) is 28.2 Å². The quantitative estimate of drug-likeness (QED) is 0.0276. The molecule has 129 heavy (non-hydrogen) atoms. The van der Waals surface area contributed by atoms with Crippen LogP contribution >= 0.6 is 11.8 Å². The molecule has 646 valence electrons. The minimum atomic E-state index is -1.24. The van der Waals surface area contributed by atoms with E-state index in [-0.39, 0.29) is 5.82 Å². The highest BCUT2D eigenvalue weighted by Crippen LogP contribution is 2.38. The molecule has 4 aromatic carbocycles. The third-order valence-electron chi connectivity index (χ3n) is 20.6. The zero-order valence-corrected chi connectivity index (χ0v) is 72.8. The van der Waals surface area contributed by atoms with Gasteiger partial charge < -0.3 is 48.9 Å². The molecule has 8 N–H and O–H groups in total. The fourth-order valence-corrected chi connectivity index (χ4v) is 16.2. The SMILES string of the molecule is CCCCCCOc1cnc2[nH]cc(-c3cnn(C)c3)c2c1.CCCOc1cnc2[nH]cc(-c3cnn(C)c3)c2c1.Cn1cc(-c2c[nH]c3ncc(Oc4ccc(F)cc4)cc23)cn1.Cn1cc(-c2c[nH]c3ncc(Oc4ccccc4)cc23)cn1.O=S(c1ccccc1)c1cnc2[nH]cc(-c3cn[nH]c3)c2c1.c1ccc(Sc2cnc3[nH]cc(-c4cn[nH]c4)c3c2)cc1. The van der Waals surface area contributed by atoms with Crippen molar-refractivity contribution in [2.75, 3.05) is 13.2 Å². The molecular formula is C97H89FN24O5S2. The predicted octanol–water partition coefficient (Wildman–Crippen LogP) is 21.5. The molecule has 0 fully saturated rings. The van der Waals surface area contributed by atoms with E-state index in [0.29, 0.717) is 28.8 Å². The molecular weight excluding hydrogens is 1660 g/mol. The first-order valence-electron chi connectivity index (χ1n) is 41.7. The van der Waals surface area contributed by atoms with E-state index in [9.17, 15) is 8.60 Å². The molecule has 0 spiro atoms. The number of nitrogens with one attached hydrogen (secondary N) is 8. The summed E-state index contributed by atoms with van der Waals surface area (Å²) in [6.07, 6.45) is 50.4. The van der Waals surface area contributed by atoms with Crippen molar-refractivity contribution >= 4 is 88.8 Å². The number of halogens is 1. The molecule has 32 heteroatoms. The Hall–Kier alpha value is -16.1. The molecule has 0 saturated heterocycles. The average molecular weight is 1750 g/mol. The number of aromatic nitrogens is 24. The van der Waals surface area contributed by atoms with Crippen molar-refractivity contribution in [2.45, 2.75) is 65.5 Å². The largest absolute Gasteiger partial charge is 0.492 e. The number of hydrogen-bond acceptors (Lipinski definition) is 18. The van der Waals surface area contributed by atoms with E-state index in [0.717, 1.165) is 179 Å². The first kappa shape index (κ1) is 85.1. The maximum Gasteiger partial charge on any atom is 0.146 e. The summed E-state index contributed by atoms with van der Waals surface area (Å²) < 4.78 is 55.8. The molecule has 0 aliphatic heterocycles. The van der Waals surface area contributed by atoms with E-state index in [1.54, 1.807) is 86.0 Å². The van der Waals surface area contributed by atoms with Crippen LogP contribution in [0.25, 0.3) is 133 Å². The van der Waals surface area contributed by atoms with Crippen molar-refractivity contribution in [3.05, 3.63) is 306 Å². The number of unbranched alkanes of at least 4 members (excludes halogenated alkanes) is 3. The standard InChI is InChI=1S/C17H13FN4O.C17H14N4O.C17H22N4O.C16H12N4OS.C16H12N4S.C14H16N4O/c1-22-10-11(7-21-22)16-9-20-17-15(16)6-14(8-19-17)23-13-4-2-12(18)3-5-13;1-21-11-12(8-20-21)16-10-19-17-15(16)7-14(9-18-17)22-13-5-3-2-4-6-13;1-3-4-5-6-7-22-14-8-15-16(11-19-17(15)18-10-14)13-9-20-21(2)12-13;21-22(12-4-2-1-3-5-12)13-6-14-15(11-7-19-20-8-11)10-18-16(14)17-9-13;1-2-4-12(5-3-1)21-13-6-14-15(11-7-19-20-8-11)10-18-16(14)17-9-13;1-3-4-19-11-5-12-13(8-16-14(12)15-7-11)10-6-17-18(2)9-10/h2-10H,1H3,(H,19,20);2-11H,1H3,(H,18,19);8-12H,3-7H2,1-2H3,(H,18,19);1-10H,(H,17,18)(H,19,20);1-10H,(H,17,18)(H,19,20);5-9H,3-4H2,1-2H3,(H,15,16). The van der Waals surface area contributed by atoms with Gasteiger partial charge in [0.25, 0.3) is 0 Å². The van der Waals surface area contributed by atoms with E-state index in [4.69, 9.17) is 18.9 Å². The van der Waals surface area contributed by atoms with Crippen LogP contribution in [0.2, 0.25) is 0 Å². The average Bonchev–Trinajstić information content (AvgIpc) is 1.67. The van der Waals surface area contributed by atoms with Crippen molar-refractivity contribution in [1.29, 1.82) is 0 Å². The van der Waals surface area contributed by atoms with E-state index >= 15 is 0 Å². The summed E-state index contributed by atoms with van der Waals surface area (Å²) in [6.45, 7) is 5.76. The summed E-state index contributed by atoms with van der Waals surface area (Å²) in [5, 5.41) is 36.6. The Bertz CT molecular complexity index is 7420. The number of nitrogens with zero attached hydrogens (tertiary/aromatic N) is 16. The lowest BCUT2D eigenvalue weighted by Crippen LogP contribution is -1.97. The van der Waals surface area contributed by atoms with Crippen molar-refractivity contribution < 1.29 is 27.5 Å². The first-order valence-corrected chi connectivity index (χ1v) is 43.6. The number of fused-ring (bicyclic) bond motifs is 6. The Morgan fingerprint density at radius 2 is 0.705 bits per heavy atom. The van der Waals surface area contributed by atoms with E-state index in [1.807, 2.05) is 237 Å². The Morgan fingerprint density at radius 3 is 1.12 bits per heavy atom. The maximum absolute atomic E-state index is 13.0. The van der Waals surface area contributed by atoms with E-state index < -0.39 is 10.8 Å². The lowest BCUT2D eigenvalue weighted by molar-refractivity contribution is 0.304. The number of hydrogen-bond donors (Lipinski definition) is 8. The Balaban J connectivity index is 0.000000109. The normalized spacial score (nSPS) is 11.3. The van der Waals surface area contributed by atoms with Gasteiger partial charge in [-0.15, -0.1) is 0 Å². The number of pyridine rings is 6. The van der Waals surface area contributed by atoms with Gasteiger partial charge in [0.2, 0.25) is 0 Å². The monoisotopic (exact) mass is 1750 g/mol. The van der Waals surface area contributed by atoms with Crippen LogP contribution in [0.5, 0.6) is 34.5 Å². The van der Waals surface area contributed by atoms with Crippen LogP contribution in [0.4, 0.5) is 4.39 Å². The van der Waals surface area contributed by atoms with Crippen molar-refractivity contribution in [3.8, 4) is 101 Å². The van der Waals surface area contributed by atoms with Crippen molar-refractivity contribution in [3.63, 3.8) is 0 Å². The minimum absolute atomic E-state index is 0.296. The molecule has 0 bridgehead atoms. The van der Waals surface area contributed by atoms with Crippen molar-refractivity contribution in [1.82, 2.24) is 119 Å². The number of rotatable bonds is 23. The summed E-state index contributed by atoms with van der Waals surface area (Å²) in [5.74, 6) is 3.99. The Kier molecular flexibility index (Phi) is 26.6. The van der Waals surface area contributed by atoms with Gasteiger partial charge in [0.05, 0.1) is 90.9 Å². The van der Waals surface area contributed by atoms with Crippen LogP contribution in [0, 0.1) is 5.82 Å². The topological polar surface area (TPSA) is 355 Å². The van der Waals surface area contributed by atoms with Gasteiger partial charge in [0.1, 0.15) is 74.2 Å². The lowest BCUT2D eigenvalue weighted by Gasteiger charge is -2.06. The zero-order valence-electron chi connectivity index (χ0n) is 71.1. The third kappa shape index (κ3) is 20.8. The molecule has 1 unspecified atom stereocenters. The molecule has 0 aliphatic rings. The minimum Gasteiger partial charge on any atom is -0.492 e. The molecule has 0 saturated carbocycles. The molecule has 22 aromatic rings. The second kappa shape index (κ2) is 40.3. The van der Waals surface area contributed by atoms with Gasteiger partial charge in [-0.25, -0.2) is 38.5 Å². The number of aromatic amines is 8. The van der Waals surface area contributed by atoms with Crippen LogP contribution in [0.15, 0.2) is 320 Å². The fraction of sp³-hybridized carbons (Fsp3) is 0.134. The van der Waals surface area contributed by atoms with Gasteiger partial charge in [0.15, 0.2) is 0 Å². The summed E-state index contributed by atoms with van der Waals surface area (Å²) in [7, 11) is 6.36. The summed E-state index contributed by atoms with van der Waals surface area (Å²) >= 11 is 1.71. The molecule has 1 atom stereocenters. The first-order chi connectivity index (χ1) is 63.3. The highest BCUT2D eigenvalue weighted by molar-refractivity contribution is 7.99. The highest BCUT2D eigenvalue weighted by Gasteiger charge is 2.19. The van der Waals surface area contributed by atoms with Gasteiger partial charge in [-0.05, 0) is 110 Å². The number of aryl methyl sites for hydroxylation is 4. The number of benzene rings is 4. The van der Waals surface area contributed by atoms with Gasteiger partial charge in [0, 0.05) is 229 Å². The molecule has 0 aliphatic carbocycles. The second-order valence-electron chi connectivity index (χ2n) is 29.9. The number of para-hydroxylation sites is 1. The third-order valence-corrected chi connectivity index (χ3v) is 23.0. The van der Waals surface area contributed by atoms with E-state index in [2.05, 4.69) is 139 Å². The smallest absolute Gasteiger partial charge is 0.146 e. The maximum atomic E-state index is 13.0. The second-order valence-corrected chi connectivity index (χ2v) is 32.6. The lowest BCUT2D eigenvalue weighted by atomic mass is 10.1. The fourth-order valence-electron chi connectivity index (χ4n) is 14.3. The summed E-state index contributed by atoms with van der Waals surface area (Å²) in [5.41, 5.74) is 17.6. The molecule has 18 aromatic heterocycles. The van der Waals surface area contributed by atoms with Crippen LogP contribution < -0.4 is 18.9 Å². The van der Waals surface area contributed by atoms with Crippen LogP contribution in [0.3, 0.4) is 0 Å². The Morgan fingerprint density at radius 1 is 0.333 bits per heavy atom. The zero-order chi connectivity index (χ0) is 88.4. The Labute approximate surface area is 745 Å². The molecule has 0 amide bonds. The number of ether oxygens (including phenoxy) is 4. The summed E-state index contributed by atoms with van der Waals surface area (Å²) in [4.78, 5) is 49.3. The van der Waals surface area contributed by atoms with Gasteiger partial charge in [-0.3, -0.25) is 28.9 Å². The van der Waals surface area contributed by atoms with Gasteiger partial charge in [-0.1, -0.05) is 99.5 Å². The molecule has 18 heterocycles. The van der Waals surface area contributed by atoms with Crippen LogP contribution in [-0.4, -0.2) is 137 Å².